The lowest BCUT2D eigenvalue weighted by Gasteiger charge is -2.37. The maximum absolute atomic E-state index is 12.7. The molecule has 0 spiro atoms. The van der Waals surface area contributed by atoms with E-state index in [9.17, 15) is 4.79 Å². The summed E-state index contributed by atoms with van der Waals surface area (Å²) in [5.41, 5.74) is 3.30. The van der Waals surface area contributed by atoms with E-state index in [4.69, 9.17) is 4.42 Å². The monoisotopic (exact) mass is 389 g/mol. The molecule has 1 aliphatic rings. The summed E-state index contributed by atoms with van der Waals surface area (Å²) in [6.07, 6.45) is 5.50. The first-order chi connectivity index (χ1) is 14.0. The van der Waals surface area contributed by atoms with Gasteiger partial charge in [-0.05, 0) is 44.5 Å². The highest BCUT2D eigenvalue weighted by atomic mass is 16.4. The van der Waals surface area contributed by atoms with Crippen LogP contribution in [0.4, 0.5) is 5.69 Å². The van der Waals surface area contributed by atoms with Crippen LogP contribution in [0.5, 0.6) is 0 Å². The molecule has 0 aliphatic carbocycles. The highest BCUT2D eigenvalue weighted by Crippen LogP contribution is 2.26. The van der Waals surface area contributed by atoms with Crippen LogP contribution in [0.15, 0.2) is 52.1 Å². The molecule has 7 nitrogen and oxygen atoms in total. The van der Waals surface area contributed by atoms with Crippen molar-refractivity contribution in [1.82, 2.24) is 19.7 Å². The van der Waals surface area contributed by atoms with Gasteiger partial charge in [0, 0.05) is 60.9 Å². The molecule has 1 fully saturated rings. The standard InChI is InChI=1S/C22H23N5O2/c1-13-8-23-22-25-19(12-27(22)9-13)18-6-16-4-5-17(7-20(16)29-21(18)28)26-10-14(2)24-15(3)11-26/h4-9,12,14-15,24H,10-11H2,1-3H3/t14-,15?/m0/s1. The second-order valence-electron chi connectivity index (χ2n) is 8.01. The van der Waals surface area contributed by atoms with E-state index in [1.165, 1.54) is 0 Å². The molecule has 4 heterocycles. The number of aromatic nitrogens is 3. The molecule has 1 saturated heterocycles. The van der Waals surface area contributed by atoms with Gasteiger partial charge in [0.05, 0.1) is 11.3 Å². The summed E-state index contributed by atoms with van der Waals surface area (Å²) in [5.74, 6) is 0.558. The van der Waals surface area contributed by atoms with Crippen molar-refractivity contribution in [1.29, 1.82) is 0 Å². The third kappa shape index (κ3) is 3.27. The summed E-state index contributed by atoms with van der Waals surface area (Å²) in [6.45, 7) is 8.17. The molecule has 5 rings (SSSR count). The molecule has 1 unspecified atom stereocenters. The molecular weight excluding hydrogens is 366 g/mol. The summed E-state index contributed by atoms with van der Waals surface area (Å²) in [7, 11) is 0. The lowest BCUT2D eigenvalue weighted by Crippen LogP contribution is -2.54. The largest absolute Gasteiger partial charge is 0.422 e. The third-order valence-electron chi connectivity index (χ3n) is 5.36. The van der Waals surface area contributed by atoms with Crippen LogP contribution in [0.2, 0.25) is 0 Å². The molecule has 0 saturated carbocycles. The van der Waals surface area contributed by atoms with Crippen LogP contribution in [0, 0.1) is 6.92 Å². The van der Waals surface area contributed by atoms with E-state index in [1.54, 1.807) is 6.20 Å². The number of benzene rings is 1. The first kappa shape index (κ1) is 17.9. The average molecular weight is 389 g/mol. The van der Waals surface area contributed by atoms with E-state index >= 15 is 0 Å². The van der Waals surface area contributed by atoms with Gasteiger partial charge in [-0.25, -0.2) is 14.8 Å². The summed E-state index contributed by atoms with van der Waals surface area (Å²) in [4.78, 5) is 23.8. The van der Waals surface area contributed by atoms with Crippen molar-refractivity contribution in [2.75, 3.05) is 18.0 Å². The zero-order valence-corrected chi connectivity index (χ0v) is 16.7. The van der Waals surface area contributed by atoms with Crippen molar-refractivity contribution in [2.45, 2.75) is 32.9 Å². The van der Waals surface area contributed by atoms with Gasteiger partial charge in [0.1, 0.15) is 5.58 Å². The number of aryl methyl sites for hydroxylation is 1. The van der Waals surface area contributed by atoms with Crippen molar-refractivity contribution in [2.24, 2.45) is 0 Å². The number of nitrogens with one attached hydrogen (secondary N) is 1. The molecule has 148 valence electrons. The van der Waals surface area contributed by atoms with E-state index < -0.39 is 5.63 Å². The van der Waals surface area contributed by atoms with Crippen LogP contribution >= 0.6 is 0 Å². The fraction of sp³-hybridized carbons (Fsp3) is 0.318. The van der Waals surface area contributed by atoms with Crippen LogP contribution in [0.3, 0.4) is 0 Å². The Labute approximate surface area is 168 Å². The Bertz CT molecular complexity index is 1270. The van der Waals surface area contributed by atoms with Gasteiger partial charge in [0.2, 0.25) is 5.78 Å². The second kappa shape index (κ2) is 6.70. The van der Waals surface area contributed by atoms with Crippen molar-refractivity contribution in [3.05, 3.63) is 58.8 Å². The Morgan fingerprint density at radius 2 is 1.93 bits per heavy atom. The van der Waals surface area contributed by atoms with Gasteiger partial charge < -0.3 is 14.6 Å². The highest BCUT2D eigenvalue weighted by Gasteiger charge is 2.21. The molecule has 0 amide bonds. The fourth-order valence-corrected chi connectivity index (χ4v) is 4.13. The summed E-state index contributed by atoms with van der Waals surface area (Å²) >= 11 is 0. The Morgan fingerprint density at radius 3 is 2.72 bits per heavy atom. The predicted octanol–water partition coefficient (Wildman–Crippen LogP) is 3.00. The first-order valence-corrected chi connectivity index (χ1v) is 9.87. The van der Waals surface area contributed by atoms with E-state index in [1.807, 2.05) is 41.9 Å². The Kier molecular flexibility index (Phi) is 4.13. The molecule has 29 heavy (non-hydrogen) atoms. The van der Waals surface area contributed by atoms with Gasteiger partial charge >= 0.3 is 5.63 Å². The molecule has 0 radical (unpaired) electrons. The average Bonchev–Trinajstić information content (AvgIpc) is 3.09. The number of piperazine rings is 1. The maximum Gasteiger partial charge on any atom is 0.345 e. The predicted molar refractivity (Wildman–Crippen MR) is 113 cm³/mol. The lowest BCUT2D eigenvalue weighted by atomic mass is 10.1. The minimum Gasteiger partial charge on any atom is -0.422 e. The minimum absolute atomic E-state index is 0.392. The van der Waals surface area contributed by atoms with Crippen molar-refractivity contribution in [3.63, 3.8) is 0 Å². The van der Waals surface area contributed by atoms with Crippen molar-refractivity contribution < 1.29 is 4.42 Å². The van der Waals surface area contributed by atoms with Gasteiger partial charge in [0.25, 0.3) is 0 Å². The van der Waals surface area contributed by atoms with E-state index in [0.717, 1.165) is 29.7 Å². The summed E-state index contributed by atoms with van der Waals surface area (Å²) in [5, 5.41) is 4.41. The number of anilines is 1. The number of hydrogen-bond donors (Lipinski definition) is 1. The van der Waals surface area contributed by atoms with Gasteiger partial charge in [-0.15, -0.1) is 0 Å². The van der Waals surface area contributed by atoms with E-state index in [0.29, 0.717) is 34.7 Å². The van der Waals surface area contributed by atoms with Crippen LogP contribution in [0.25, 0.3) is 28.0 Å². The molecule has 1 aromatic carbocycles. The SMILES string of the molecule is Cc1cnc2nc(-c3cc4ccc(N5CC(C)N[C@@H](C)C5)cc4oc3=O)cn2c1. The Hall–Kier alpha value is -3.19. The summed E-state index contributed by atoms with van der Waals surface area (Å²) in [6, 6.07) is 8.73. The van der Waals surface area contributed by atoms with Crippen LogP contribution < -0.4 is 15.8 Å². The first-order valence-electron chi connectivity index (χ1n) is 9.87. The van der Waals surface area contributed by atoms with Gasteiger partial charge in [0.15, 0.2) is 0 Å². The molecule has 1 aliphatic heterocycles. The summed E-state index contributed by atoms with van der Waals surface area (Å²) < 4.78 is 7.51. The zero-order valence-electron chi connectivity index (χ0n) is 16.7. The lowest BCUT2D eigenvalue weighted by molar-refractivity contribution is 0.407. The topological polar surface area (TPSA) is 75.7 Å². The number of rotatable bonds is 2. The quantitative estimate of drug-likeness (QED) is 0.531. The smallest absolute Gasteiger partial charge is 0.345 e. The van der Waals surface area contributed by atoms with Crippen LogP contribution in [0.1, 0.15) is 19.4 Å². The molecule has 7 heteroatoms. The van der Waals surface area contributed by atoms with Crippen molar-refractivity contribution in [3.8, 4) is 11.3 Å². The Balaban J connectivity index is 1.55. The fourth-order valence-electron chi connectivity index (χ4n) is 4.13. The Morgan fingerprint density at radius 1 is 1.14 bits per heavy atom. The molecule has 3 aromatic heterocycles. The maximum atomic E-state index is 12.7. The molecule has 4 aromatic rings. The van der Waals surface area contributed by atoms with Crippen molar-refractivity contribution >= 4 is 22.4 Å². The number of hydrogen-bond acceptors (Lipinski definition) is 6. The number of imidazole rings is 1. The number of nitrogens with zero attached hydrogens (tertiary/aromatic N) is 4. The van der Waals surface area contributed by atoms with E-state index in [-0.39, 0.29) is 0 Å². The van der Waals surface area contributed by atoms with E-state index in [2.05, 4.69) is 40.1 Å². The zero-order chi connectivity index (χ0) is 20.1. The second-order valence-corrected chi connectivity index (χ2v) is 8.01. The minimum atomic E-state index is -0.392. The third-order valence-corrected chi connectivity index (χ3v) is 5.36. The van der Waals surface area contributed by atoms with Gasteiger partial charge in [-0.1, -0.05) is 0 Å². The van der Waals surface area contributed by atoms with Gasteiger partial charge in [-0.3, -0.25) is 4.40 Å². The van der Waals surface area contributed by atoms with Gasteiger partial charge in [-0.2, -0.15) is 0 Å². The molecule has 0 bridgehead atoms. The molecule has 1 N–H and O–H groups in total. The molecular formula is C22H23N5O2. The normalized spacial score (nSPS) is 19.9. The molecule has 2 atom stereocenters. The van der Waals surface area contributed by atoms with Crippen LogP contribution in [-0.4, -0.2) is 39.5 Å². The highest BCUT2D eigenvalue weighted by molar-refractivity contribution is 5.84. The number of fused-ring (bicyclic) bond motifs is 2. The van der Waals surface area contributed by atoms with Crippen LogP contribution in [-0.2, 0) is 0 Å².